The minimum Gasteiger partial charge on any atom is -0.459 e. The number of rotatable bonds is 6. The number of ether oxygens (including phenoxy) is 2. The van der Waals surface area contributed by atoms with Crippen LogP contribution in [0.1, 0.15) is 19.4 Å². The lowest BCUT2D eigenvalue weighted by Gasteiger charge is -2.32. The number of thioether (sulfide) groups is 1. The summed E-state index contributed by atoms with van der Waals surface area (Å²) in [6, 6.07) is 8.12. The van der Waals surface area contributed by atoms with Crippen LogP contribution >= 0.6 is 34.4 Å². The van der Waals surface area contributed by atoms with Crippen LogP contribution < -0.4 is 10.1 Å². The van der Waals surface area contributed by atoms with Gasteiger partial charge in [-0.15, -0.1) is 11.8 Å². The van der Waals surface area contributed by atoms with Crippen LogP contribution in [-0.2, 0) is 9.53 Å². The number of para-hydroxylation sites is 1. The maximum atomic E-state index is 11.8. The molecule has 2 atom stereocenters. The molecule has 2 rings (SSSR count). The molecule has 0 aliphatic heterocycles. The molecule has 0 saturated heterocycles. The van der Waals surface area contributed by atoms with Gasteiger partial charge in [-0.25, -0.2) is 4.98 Å². The molecule has 0 spiro atoms. The average Bonchev–Trinajstić information content (AvgIpc) is 2.60. The topological polar surface area (TPSA) is 60.5 Å². The zero-order chi connectivity index (χ0) is 20.0. The molecule has 1 N–H and O–H groups in total. The van der Waals surface area contributed by atoms with Gasteiger partial charge in [0.05, 0.1) is 9.09 Å². The number of halogens is 1. The van der Waals surface area contributed by atoms with E-state index in [0.29, 0.717) is 5.88 Å². The highest BCUT2D eigenvalue weighted by molar-refractivity contribution is 14.1. The smallest absolute Gasteiger partial charge is 0.228 e. The van der Waals surface area contributed by atoms with Crippen molar-refractivity contribution in [1.82, 2.24) is 10.3 Å². The van der Waals surface area contributed by atoms with E-state index in [4.69, 9.17) is 14.5 Å². The Hall–Kier alpha value is -1.50. The zero-order valence-electron chi connectivity index (χ0n) is 16.1. The molecule has 0 aliphatic carbocycles. The number of nitrogens with zero attached hydrogens (tertiary/aromatic N) is 1. The van der Waals surface area contributed by atoms with Crippen molar-refractivity contribution < 1.29 is 14.3 Å². The molecule has 0 radical (unpaired) electrons. The first-order valence-corrected chi connectivity index (χ1v) is 10.7. The molecule has 0 bridgehead atoms. The maximum absolute atomic E-state index is 11.8. The average molecular weight is 498 g/mol. The summed E-state index contributed by atoms with van der Waals surface area (Å²) >= 11 is 3.68. The second-order valence-corrected chi connectivity index (χ2v) is 8.29. The van der Waals surface area contributed by atoms with Crippen LogP contribution in [0, 0.1) is 22.3 Å². The Kier molecular flexibility index (Phi) is 7.77. The van der Waals surface area contributed by atoms with Crippen molar-refractivity contribution in [2.75, 3.05) is 20.0 Å². The number of benzene rings is 1. The minimum atomic E-state index is -0.894. The van der Waals surface area contributed by atoms with E-state index in [2.05, 4.69) is 45.8 Å². The number of amides is 1. The van der Waals surface area contributed by atoms with E-state index in [0.717, 1.165) is 20.0 Å². The summed E-state index contributed by atoms with van der Waals surface area (Å²) < 4.78 is 12.2. The molecule has 1 amide bonds. The minimum absolute atomic E-state index is 0.177. The number of carbonyl (C=O) groups excluding carboxylic acids is 1. The van der Waals surface area contributed by atoms with Gasteiger partial charge in [-0.1, -0.05) is 30.0 Å². The summed E-state index contributed by atoms with van der Waals surface area (Å²) in [4.78, 5) is 16.5. The summed E-state index contributed by atoms with van der Waals surface area (Å²) in [6.07, 6.45) is 1.92. The lowest BCUT2D eigenvalue weighted by molar-refractivity contribution is -0.120. The second kappa shape index (κ2) is 9.62. The third-order valence-electron chi connectivity index (χ3n) is 3.87. The van der Waals surface area contributed by atoms with Gasteiger partial charge in [0.1, 0.15) is 12.1 Å². The van der Waals surface area contributed by atoms with E-state index < -0.39 is 11.0 Å². The monoisotopic (exact) mass is 498 g/mol. The van der Waals surface area contributed by atoms with Gasteiger partial charge in [0.25, 0.3) is 0 Å². The molecule has 2 aromatic rings. The molecular weight excluding hydrogens is 475 g/mol. The molecule has 27 heavy (non-hydrogen) atoms. The first kappa shape index (κ1) is 21.8. The molecular formula is C20H23IN2O3S. The van der Waals surface area contributed by atoms with Crippen LogP contribution in [0.2, 0.25) is 0 Å². The van der Waals surface area contributed by atoms with E-state index >= 15 is 0 Å². The molecule has 2 unspecified atom stereocenters. The number of fused-ring (bicyclic) bond motifs is 1. The van der Waals surface area contributed by atoms with Crippen LogP contribution in [0.25, 0.3) is 10.9 Å². The fourth-order valence-corrected chi connectivity index (χ4v) is 4.06. The Morgan fingerprint density at radius 2 is 2.22 bits per heavy atom. The Balaban J connectivity index is 2.42. The van der Waals surface area contributed by atoms with Gasteiger partial charge in [-0.3, -0.25) is 4.79 Å². The van der Waals surface area contributed by atoms with Gasteiger partial charge in [0.2, 0.25) is 11.8 Å². The van der Waals surface area contributed by atoms with E-state index in [1.54, 1.807) is 7.11 Å². The summed E-state index contributed by atoms with van der Waals surface area (Å²) in [6.45, 7) is 5.61. The summed E-state index contributed by atoms with van der Waals surface area (Å²) in [5.41, 5.74) is 0.640. The maximum Gasteiger partial charge on any atom is 0.228 e. The zero-order valence-corrected chi connectivity index (χ0v) is 19.0. The highest BCUT2D eigenvalue weighted by Crippen LogP contribution is 2.30. The predicted molar refractivity (Wildman–Crippen MR) is 119 cm³/mol. The Bertz CT molecular complexity index is 894. The van der Waals surface area contributed by atoms with Crippen molar-refractivity contribution in [3.63, 3.8) is 0 Å². The van der Waals surface area contributed by atoms with Gasteiger partial charge in [-0.2, -0.15) is 0 Å². The van der Waals surface area contributed by atoms with Crippen molar-refractivity contribution >= 4 is 51.2 Å². The number of pyridine rings is 1. The molecule has 7 heteroatoms. The van der Waals surface area contributed by atoms with Crippen LogP contribution in [-0.4, -0.2) is 41.8 Å². The Morgan fingerprint density at radius 1 is 1.48 bits per heavy atom. The quantitative estimate of drug-likeness (QED) is 0.374. The normalized spacial score (nSPS) is 14.0. The highest BCUT2D eigenvalue weighted by Gasteiger charge is 2.36. The van der Waals surface area contributed by atoms with E-state index in [1.807, 2.05) is 38.3 Å². The van der Waals surface area contributed by atoms with Gasteiger partial charge in [0, 0.05) is 19.4 Å². The van der Waals surface area contributed by atoms with E-state index in [9.17, 15) is 4.79 Å². The molecule has 1 aromatic heterocycles. The van der Waals surface area contributed by atoms with Crippen LogP contribution in [0.5, 0.6) is 5.88 Å². The molecule has 5 nitrogen and oxygen atoms in total. The third-order valence-corrected chi connectivity index (χ3v) is 5.64. The van der Waals surface area contributed by atoms with Gasteiger partial charge >= 0.3 is 0 Å². The number of hydrogen-bond donors (Lipinski definition) is 1. The molecule has 1 aromatic carbocycles. The summed E-state index contributed by atoms with van der Waals surface area (Å²) in [7, 11) is 1.58. The molecule has 0 saturated carbocycles. The van der Waals surface area contributed by atoms with Gasteiger partial charge < -0.3 is 14.8 Å². The van der Waals surface area contributed by atoms with Crippen LogP contribution in [0.15, 0.2) is 24.3 Å². The summed E-state index contributed by atoms with van der Waals surface area (Å²) in [5, 5.41) is 3.98. The number of methoxy groups -OCH3 is 1. The van der Waals surface area contributed by atoms with Crippen molar-refractivity contribution in [2.24, 2.45) is 0 Å². The lowest BCUT2D eigenvalue weighted by Crippen LogP contribution is -2.54. The van der Waals surface area contributed by atoms with Crippen LogP contribution in [0.3, 0.4) is 0 Å². The number of nitrogens with one attached hydrogen (secondary N) is 1. The fraction of sp³-hybridized carbons (Fsp3) is 0.400. The van der Waals surface area contributed by atoms with E-state index in [-0.39, 0.29) is 12.5 Å². The highest BCUT2D eigenvalue weighted by atomic mass is 127. The van der Waals surface area contributed by atoms with Gasteiger partial charge in [-0.05, 0) is 54.3 Å². The van der Waals surface area contributed by atoms with Crippen molar-refractivity contribution in [3.8, 4) is 17.7 Å². The Labute approximate surface area is 178 Å². The largest absolute Gasteiger partial charge is 0.459 e. The number of hydrogen-bond acceptors (Lipinski definition) is 5. The van der Waals surface area contributed by atoms with Crippen molar-refractivity contribution in [3.05, 3.63) is 33.4 Å². The molecule has 0 aliphatic rings. The van der Waals surface area contributed by atoms with Crippen molar-refractivity contribution in [1.29, 1.82) is 0 Å². The first-order valence-electron chi connectivity index (χ1n) is 8.33. The number of carbonyl (C=O) groups is 1. The fourth-order valence-electron chi connectivity index (χ4n) is 2.70. The second-order valence-electron chi connectivity index (χ2n) is 6.23. The summed E-state index contributed by atoms with van der Waals surface area (Å²) in [5.74, 6) is 6.37. The molecule has 144 valence electrons. The third kappa shape index (κ3) is 5.50. The lowest BCUT2D eigenvalue weighted by atomic mass is 10.0. The number of aromatic nitrogens is 1. The standard InChI is InChI=1S/C20H23IN2O3S/c1-13-8-6-9-15-12-16(21)18(22-17(13)15)26-19(27-5)20(3,23-14(2)24)10-7-11-25-4/h6,8-9,12,19H,11H2,1-5H3,(H,23,24). The number of aryl methyl sites for hydroxylation is 1. The predicted octanol–water partition coefficient (Wildman–Crippen LogP) is 3.76. The SMILES string of the molecule is COCC#CC(C)(NC(C)=O)C(Oc1nc2c(C)cccc2cc1I)SC. The first-order chi connectivity index (χ1) is 12.8. The van der Waals surface area contributed by atoms with Crippen LogP contribution in [0.4, 0.5) is 0 Å². The van der Waals surface area contributed by atoms with Crippen molar-refractivity contribution in [2.45, 2.75) is 31.7 Å². The van der Waals surface area contributed by atoms with Gasteiger partial charge in [0.15, 0.2) is 5.44 Å². The van der Waals surface area contributed by atoms with E-state index in [1.165, 1.54) is 18.7 Å². The Morgan fingerprint density at radius 3 is 2.85 bits per heavy atom. The molecule has 1 heterocycles. The molecule has 0 fully saturated rings.